The van der Waals surface area contributed by atoms with Crippen LogP contribution in [0.15, 0.2) is 35.1 Å². The van der Waals surface area contributed by atoms with Gasteiger partial charge in [-0.1, -0.05) is 0 Å². The molecule has 4 nitrogen and oxygen atoms in total. The Labute approximate surface area is 108 Å². The fourth-order valence-corrected chi connectivity index (χ4v) is 1.99. The zero-order chi connectivity index (χ0) is 12.4. The van der Waals surface area contributed by atoms with Gasteiger partial charge in [0.2, 0.25) is 0 Å². The largest absolute Gasteiger partial charge is 0.272 e. The summed E-state index contributed by atoms with van der Waals surface area (Å²) >= 11 is 3.26. The summed E-state index contributed by atoms with van der Waals surface area (Å²) in [5, 5.41) is 0. The molecule has 2 aromatic rings. The van der Waals surface area contributed by atoms with Gasteiger partial charge in [0.1, 0.15) is 4.60 Å². The molecular formula is C12H12BrN3O. The van der Waals surface area contributed by atoms with Crippen molar-refractivity contribution in [3.8, 4) is 0 Å². The van der Waals surface area contributed by atoms with Gasteiger partial charge in [-0.15, -0.1) is 0 Å². The lowest BCUT2D eigenvalue weighted by atomic mass is 10.3. The van der Waals surface area contributed by atoms with Crippen LogP contribution in [0.4, 0.5) is 0 Å². The van der Waals surface area contributed by atoms with Gasteiger partial charge in [0.25, 0.3) is 5.91 Å². The Morgan fingerprint density at radius 2 is 1.94 bits per heavy atom. The highest BCUT2D eigenvalue weighted by Crippen LogP contribution is 2.13. The van der Waals surface area contributed by atoms with Gasteiger partial charge in [-0.25, -0.2) is 4.98 Å². The zero-order valence-electron chi connectivity index (χ0n) is 9.57. The third-order valence-electron chi connectivity index (χ3n) is 2.49. The SMILES string of the molecule is Cc1ccc(C)n1NC(=O)c1cccnc1Br. The Hall–Kier alpha value is -1.62. The molecule has 0 spiro atoms. The number of rotatable bonds is 2. The molecule has 0 fully saturated rings. The Morgan fingerprint density at radius 3 is 2.53 bits per heavy atom. The minimum atomic E-state index is -0.188. The maximum atomic E-state index is 12.0. The van der Waals surface area contributed by atoms with E-state index in [9.17, 15) is 4.79 Å². The quantitative estimate of drug-likeness (QED) is 0.866. The van der Waals surface area contributed by atoms with E-state index in [0.717, 1.165) is 11.4 Å². The number of carbonyl (C=O) groups is 1. The normalized spacial score (nSPS) is 10.3. The summed E-state index contributed by atoms with van der Waals surface area (Å²) in [4.78, 5) is 16.1. The average molecular weight is 294 g/mol. The van der Waals surface area contributed by atoms with Crippen molar-refractivity contribution in [3.05, 3.63) is 52.0 Å². The van der Waals surface area contributed by atoms with Gasteiger partial charge in [-0.05, 0) is 54.0 Å². The van der Waals surface area contributed by atoms with Crippen molar-refractivity contribution < 1.29 is 4.79 Å². The van der Waals surface area contributed by atoms with E-state index in [1.165, 1.54) is 0 Å². The number of hydrogen-bond donors (Lipinski definition) is 1. The number of halogens is 1. The Balaban J connectivity index is 2.27. The third kappa shape index (κ3) is 2.39. The number of pyridine rings is 1. The van der Waals surface area contributed by atoms with Gasteiger partial charge in [-0.2, -0.15) is 0 Å². The van der Waals surface area contributed by atoms with Crippen LogP contribution in [0.2, 0.25) is 0 Å². The van der Waals surface area contributed by atoms with E-state index >= 15 is 0 Å². The molecule has 0 radical (unpaired) electrons. The standard InChI is InChI=1S/C12H12BrN3O/c1-8-5-6-9(2)16(8)15-12(17)10-4-3-7-14-11(10)13/h3-7H,1-2H3,(H,15,17). The smallest absolute Gasteiger partial charge is 0.267 e. The molecule has 0 aromatic carbocycles. The van der Waals surface area contributed by atoms with E-state index in [2.05, 4.69) is 26.3 Å². The van der Waals surface area contributed by atoms with Crippen LogP contribution in [0, 0.1) is 13.8 Å². The molecule has 0 unspecified atom stereocenters. The summed E-state index contributed by atoms with van der Waals surface area (Å²) in [5.41, 5.74) is 5.30. The highest BCUT2D eigenvalue weighted by molar-refractivity contribution is 9.10. The second kappa shape index (κ2) is 4.71. The van der Waals surface area contributed by atoms with Crippen molar-refractivity contribution in [2.45, 2.75) is 13.8 Å². The molecule has 0 bridgehead atoms. The van der Waals surface area contributed by atoms with Crippen LogP contribution in [0.5, 0.6) is 0 Å². The summed E-state index contributed by atoms with van der Waals surface area (Å²) in [7, 11) is 0. The molecule has 0 aliphatic heterocycles. The maximum absolute atomic E-state index is 12.0. The zero-order valence-corrected chi connectivity index (χ0v) is 11.2. The van der Waals surface area contributed by atoms with Crippen molar-refractivity contribution in [2.75, 3.05) is 5.43 Å². The second-order valence-electron chi connectivity index (χ2n) is 3.73. The molecule has 0 aliphatic carbocycles. The third-order valence-corrected chi connectivity index (χ3v) is 3.12. The molecule has 2 rings (SSSR count). The lowest BCUT2D eigenvalue weighted by molar-refractivity contribution is 0.101. The van der Waals surface area contributed by atoms with Gasteiger partial charge < -0.3 is 0 Å². The maximum Gasteiger partial charge on any atom is 0.272 e. The van der Waals surface area contributed by atoms with Crippen molar-refractivity contribution in [1.82, 2.24) is 9.66 Å². The number of aryl methyl sites for hydroxylation is 2. The van der Waals surface area contributed by atoms with Crippen molar-refractivity contribution >= 4 is 21.8 Å². The molecule has 2 aromatic heterocycles. The average Bonchev–Trinajstić information content (AvgIpc) is 2.61. The first kappa shape index (κ1) is 11.9. The highest BCUT2D eigenvalue weighted by atomic mass is 79.9. The van der Waals surface area contributed by atoms with Gasteiger partial charge in [0, 0.05) is 17.6 Å². The van der Waals surface area contributed by atoms with Gasteiger partial charge in [0.05, 0.1) is 5.56 Å². The van der Waals surface area contributed by atoms with E-state index in [-0.39, 0.29) is 5.91 Å². The van der Waals surface area contributed by atoms with Crippen LogP contribution in [0.1, 0.15) is 21.7 Å². The Morgan fingerprint density at radius 1 is 1.29 bits per heavy atom. The van der Waals surface area contributed by atoms with Gasteiger partial charge >= 0.3 is 0 Å². The van der Waals surface area contributed by atoms with Crippen LogP contribution in [0.3, 0.4) is 0 Å². The van der Waals surface area contributed by atoms with Crippen molar-refractivity contribution in [1.29, 1.82) is 0 Å². The van der Waals surface area contributed by atoms with Crippen LogP contribution >= 0.6 is 15.9 Å². The molecule has 1 amide bonds. The molecule has 0 aliphatic rings. The molecule has 5 heteroatoms. The lowest BCUT2D eigenvalue weighted by Crippen LogP contribution is -2.25. The fourth-order valence-electron chi connectivity index (χ4n) is 1.56. The predicted molar refractivity (Wildman–Crippen MR) is 69.5 cm³/mol. The number of hydrogen-bond acceptors (Lipinski definition) is 2. The fraction of sp³-hybridized carbons (Fsp3) is 0.167. The molecular weight excluding hydrogens is 282 g/mol. The molecule has 88 valence electrons. The number of amides is 1. The molecule has 2 heterocycles. The number of nitrogens with zero attached hydrogens (tertiary/aromatic N) is 2. The molecule has 1 N–H and O–H groups in total. The minimum absolute atomic E-state index is 0.188. The summed E-state index contributed by atoms with van der Waals surface area (Å²) < 4.78 is 2.29. The predicted octanol–water partition coefficient (Wildman–Crippen LogP) is 2.65. The van der Waals surface area contributed by atoms with Crippen LogP contribution < -0.4 is 5.43 Å². The summed E-state index contributed by atoms with van der Waals surface area (Å²) in [6, 6.07) is 7.36. The van der Waals surface area contributed by atoms with Crippen LogP contribution in [0.25, 0.3) is 0 Å². The molecule has 0 saturated carbocycles. The van der Waals surface area contributed by atoms with E-state index < -0.39 is 0 Å². The number of carbonyl (C=O) groups excluding carboxylic acids is 1. The molecule has 17 heavy (non-hydrogen) atoms. The van der Waals surface area contributed by atoms with Gasteiger partial charge in [-0.3, -0.25) is 14.9 Å². The summed E-state index contributed by atoms with van der Waals surface area (Å²) in [6.45, 7) is 3.87. The van der Waals surface area contributed by atoms with E-state index in [1.807, 2.05) is 26.0 Å². The van der Waals surface area contributed by atoms with E-state index in [4.69, 9.17) is 0 Å². The topological polar surface area (TPSA) is 46.9 Å². The van der Waals surface area contributed by atoms with E-state index in [0.29, 0.717) is 10.2 Å². The minimum Gasteiger partial charge on any atom is -0.267 e. The van der Waals surface area contributed by atoms with Crippen LogP contribution in [-0.4, -0.2) is 15.6 Å². The molecule has 0 saturated heterocycles. The van der Waals surface area contributed by atoms with Crippen LogP contribution in [-0.2, 0) is 0 Å². The highest BCUT2D eigenvalue weighted by Gasteiger charge is 2.11. The number of nitrogens with one attached hydrogen (secondary N) is 1. The first-order valence-corrected chi connectivity index (χ1v) is 5.95. The van der Waals surface area contributed by atoms with E-state index in [1.54, 1.807) is 23.0 Å². The summed E-state index contributed by atoms with van der Waals surface area (Å²) in [6.07, 6.45) is 1.63. The Bertz CT molecular complexity index is 543. The Kier molecular flexibility index (Phi) is 3.28. The first-order chi connectivity index (χ1) is 8.09. The monoisotopic (exact) mass is 293 g/mol. The first-order valence-electron chi connectivity index (χ1n) is 5.16. The van der Waals surface area contributed by atoms with Crippen molar-refractivity contribution in [3.63, 3.8) is 0 Å². The second-order valence-corrected chi connectivity index (χ2v) is 4.49. The number of aromatic nitrogens is 2. The summed E-state index contributed by atoms with van der Waals surface area (Å²) in [5.74, 6) is -0.188. The van der Waals surface area contributed by atoms with Crippen molar-refractivity contribution in [2.24, 2.45) is 0 Å². The lowest BCUT2D eigenvalue weighted by Gasteiger charge is -2.11. The van der Waals surface area contributed by atoms with Gasteiger partial charge in [0.15, 0.2) is 0 Å². The molecule has 0 atom stereocenters.